The number of halogens is 1. The molecule has 1 heterocycles. The third kappa shape index (κ3) is 4.52. The van der Waals surface area contributed by atoms with Crippen molar-refractivity contribution in [3.8, 4) is 11.5 Å². The van der Waals surface area contributed by atoms with Crippen LogP contribution in [0.2, 0.25) is 5.02 Å². The number of nitrogens with one attached hydrogen (secondary N) is 1. The minimum absolute atomic E-state index is 0.0426. The molecule has 0 radical (unpaired) electrons. The Morgan fingerprint density at radius 2 is 1.85 bits per heavy atom. The molecule has 0 aliphatic carbocycles. The zero-order valence-corrected chi connectivity index (χ0v) is 16.0. The van der Waals surface area contributed by atoms with E-state index in [1.165, 1.54) is 0 Å². The Labute approximate surface area is 163 Å². The number of ether oxygens (including phenoxy) is 2. The van der Waals surface area contributed by atoms with Crippen molar-refractivity contribution in [3.05, 3.63) is 53.1 Å². The number of hydrogen-bond donors (Lipinski definition) is 1. The maximum atomic E-state index is 12.4. The van der Waals surface area contributed by atoms with E-state index in [1.54, 1.807) is 49.5 Å². The molecule has 6 nitrogen and oxygen atoms in total. The van der Waals surface area contributed by atoms with Gasteiger partial charge in [0.25, 0.3) is 0 Å². The van der Waals surface area contributed by atoms with Crippen LogP contribution in [0.5, 0.6) is 11.5 Å². The lowest BCUT2D eigenvalue weighted by atomic mass is 10.1. The Morgan fingerprint density at radius 1 is 1.15 bits per heavy atom. The van der Waals surface area contributed by atoms with Crippen LogP contribution in [0.4, 0.5) is 5.69 Å². The second-order valence-corrected chi connectivity index (χ2v) is 6.75. The van der Waals surface area contributed by atoms with Crippen molar-refractivity contribution in [2.45, 2.75) is 18.9 Å². The number of nitrogens with zero attached hydrogens (tertiary/aromatic N) is 1. The summed E-state index contributed by atoms with van der Waals surface area (Å²) in [5.41, 5.74) is 1.59. The van der Waals surface area contributed by atoms with Gasteiger partial charge < -0.3 is 19.7 Å². The fourth-order valence-corrected chi connectivity index (χ4v) is 3.24. The van der Waals surface area contributed by atoms with Gasteiger partial charge in [0.05, 0.1) is 26.7 Å². The summed E-state index contributed by atoms with van der Waals surface area (Å²) in [6.07, 6.45) is 0.513. The summed E-state index contributed by atoms with van der Waals surface area (Å²) in [6, 6.07) is 12.2. The zero-order chi connectivity index (χ0) is 19.4. The molecule has 2 aromatic carbocycles. The van der Waals surface area contributed by atoms with Gasteiger partial charge >= 0.3 is 0 Å². The highest BCUT2D eigenvalue weighted by molar-refractivity contribution is 6.30. The van der Waals surface area contributed by atoms with E-state index < -0.39 is 0 Å². The van der Waals surface area contributed by atoms with Crippen molar-refractivity contribution in [3.63, 3.8) is 0 Å². The zero-order valence-electron chi connectivity index (χ0n) is 15.2. The smallest absolute Gasteiger partial charge is 0.229 e. The molecule has 1 aliphatic rings. The van der Waals surface area contributed by atoms with Crippen molar-refractivity contribution in [2.24, 2.45) is 0 Å². The molecule has 1 saturated heterocycles. The van der Waals surface area contributed by atoms with E-state index in [9.17, 15) is 9.59 Å². The van der Waals surface area contributed by atoms with Crippen molar-refractivity contribution in [1.82, 2.24) is 5.32 Å². The Hall–Kier alpha value is -2.73. The van der Waals surface area contributed by atoms with Crippen LogP contribution >= 0.6 is 11.6 Å². The predicted octanol–water partition coefficient (Wildman–Crippen LogP) is 2.82. The van der Waals surface area contributed by atoms with Crippen LogP contribution < -0.4 is 19.7 Å². The molecular formula is C20H21ClN2O4. The molecule has 1 fully saturated rings. The van der Waals surface area contributed by atoms with Crippen LogP contribution in [0.3, 0.4) is 0 Å². The Kier molecular flexibility index (Phi) is 5.86. The summed E-state index contributed by atoms with van der Waals surface area (Å²) in [5, 5.41) is 3.56. The highest BCUT2D eigenvalue weighted by Gasteiger charge is 2.32. The van der Waals surface area contributed by atoms with Gasteiger partial charge in [-0.2, -0.15) is 0 Å². The summed E-state index contributed by atoms with van der Waals surface area (Å²) in [4.78, 5) is 26.3. The molecule has 7 heteroatoms. The molecule has 0 aromatic heterocycles. The molecular weight excluding hydrogens is 368 g/mol. The third-order valence-electron chi connectivity index (χ3n) is 4.45. The van der Waals surface area contributed by atoms with Crippen molar-refractivity contribution in [2.75, 3.05) is 25.7 Å². The Bertz CT molecular complexity index is 838. The average molecular weight is 389 g/mol. The second-order valence-electron chi connectivity index (χ2n) is 6.32. The largest absolute Gasteiger partial charge is 0.493 e. The molecule has 1 atom stereocenters. The lowest BCUT2D eigenvalue weighted by Crippen LogP contribution is -2.38. The number of hydrogen-bond acceptors (Lipinski definition) is 4. The van der Waals surface area contributed by atoms with E-state index in [1.807, 2.05) is 12.1 Å². The standard InChI is InChI=1S/C20H21ClN2O4/c1-26-17-8-7-16(11-18(17)27-2)23-12-15(10-20(23)25)22-19(24)9-13-3-5-14(21)6-4-13/h3-8,11,15H,9-10,12H2,1-2H3,(H,22,24)/t15-/m1/s1. The highest BCUT2D eigenvalue weighted by atomic mass is 35.5. The maximum absolute atomic E-state index is 12.4. The Morgan fingerprint density at radius 3 is 2.52 bits per heavy atom. The Balaban J connectivity index is 1.63. The quantitative estimate of drug-likeness (QED) is 0.826. The van der Waals surface area contributed by atoms with Gasteiger partial charge in [-0.05, 0) is 29.8 Å². The maximum Gasteiger partial charge on any atom is 0.229 e. The van der Waals surface area contributed by atoms with Crippen LogP contribution in [-0.2, 0) is 16.0 Å². The van der Waals surface area contributed by atoms with Crippen LogP contribution in [0, 0.1) is 0 Å². The number of benzene rings is 2. The molecule has 0 spiro atoms. The van der Waals surface area contributed by atoms with Gasteiger partial charge in [0.1, 0.15) is 0 Å². The number of carbonyl (C=O) groups is 2. The SMILES string of the molecule is COc1ccc(N2C[C@H](NC(=O)Cc3ccc(Cl)cc3)CC2=O)cc1OC. The van der Waals surface area contributed by atoms with E-state index in [-0.39, 0.29) is 30.7 Å². The molecule has 0 bridgehead atoms. The number of amides is 2. The number of anilines is 1. The van der Waals surface area contributed by atoms with E-state index in [0.29, 0.717) is 28.8 Å². The normalized spacial score (nSPS) is 16.3. The molecule has 3 rings (SSSR count). The van der Waals surface area contributed by atoms with E-state index >= 15 is 0 Å². The lowest BCUT2D eigenvalue weighted by Gasteiger charge is -2.19. The molecule has 2 aromatic rings. The van der Waals surface area contributed by atoms with Crippen LogP contribution in [0.1, 0.15) is 12.0 Å². The summed E-state index contributed by atoms with van der Waals surface area (Å²) >= 11 is 5.86. The fraction of sp³-hybridized carbons (Fsp3) is 0.300. The number of methoxy groups -OCH3 is 2. The van der Waals surface area contributed by atoms with E-state index in [2.05, 4.69) is 5.32 Å². The van der Waals surface area contributed by atoms with Gasteiger partial charge in [0, 0.05) is 29.7 Å². The molecule has 142 valence electrons. The van der Waals surface area contributed by atoms with Crippen LogP contribution in [0.25, 0.3) is 0 Å². The number of carbonyl (C=O) groups excluding carboxylic acids is 2. The first-order chi connectivity index (χ1) is 13.0. The first-order valence-electron chi connectivity index (χ1n) is 8.56. The van der Waals surface area contributed by atoms with E-state index in [4.69, 9.17) is 21.1 Å². The van der Waals surface area contributed by atoms with Crippen LogP contribution in [-0.4, -0.2) is 38.6 Å². The van der Waals surface area contributed by atoms with Gasteiger partial charge in [-0.25, -0.2) is 0 Å². The van der Waals surface area contributed by atoms with Gasteiger partial charge in [0.2, 0.25) is 11.8 Å². The molecule has 1 N–H and O–H groups in total. The first kappa shape index (κ1) is 19.0. The van der Waals surface area contributed by atoms with Crippen molar-refractivity contribution >= 4 is 29.1 Å². The molecule has 27 heavy (non-hydrogen) atoms. The van der Waals surface area contributed by atoms with Gasteiger partial charge in [-0.3, -0.25) is 9.59 Å². The highest BCUT2D eigenvalue weighted by Crippen LogP contribution is 2.33. The first-order valence-corrected chi connectivity index (χ1v) is 8.94. The minimum atomic E-state index is -0.231. The third-order valence-corrected chi connectivity index (χ3v) is 4.70. The minimum Gasteiger partial charge on any atom is -0.493 e. The summed E-state index contributed by atoms with van der Waals surface area (Å²) in [7, 11) is 3.11. The molecule has 2 amide bonds. The average Bonchev–Trinajstić information content (AvgIpc) is 3.02. The second kappa shape index (κ2) is 8.31. The molecule has 0 saturated carbocycles. The van der Waals surface area contributed by atoms with E-state index in [0.717, 1.165) is 5.56 Å². The predicted molar refractivity (Wildman–Crippen MR) is 104 cm³/mol. The van der Waals surface area contributed by atoms with Gasteiger partial charge in [0.15, 0.2) is 11.5 Å². The van der Waals surface area contributed by atoms with Crippen LogP contribution in [0.15, 0.2) is 42.5 Å². The summed E-state index contributed by atoms with van der Waals surface area (Å²) < 4.78 is 10.5. The van der Waals surface area contributed by atoms with Gasteiger partial charge in [-0.1, -0.05) is 23.7 Å². The number of rotatable bonds is 6. The molecule has 1 aliphatic heterocycles. The van der Waals surface area contributed by atoms with Gasteiger partial charge in [-0.15, -0.1) is 0 Å². The van der Waals surface area contributed by atoms with Crippen molar-refractivity contribution < 1.29 is 19.1 Å². The lowest BCUT2D eigenvalue weighted by molar-refractivity contribution is -0.121. The molecule has 0 unspecified atom stereocenters. The summed E-state index contributed by atoms with van der Waals surface area (Å²) in [6.45, 7) is 0.417. The summed E-state index contributed by atoms with van der Waals surface area (Å²) in [5.74, 6) is 0.988. The topological polar surface area (TPSA) is 67.9 Å². The monoisotopic (exact) mass is 388 g/mol. The van der Waals surface area contributed by atoms with Crippen molar-refractivity contribution in [1.29, 1.82) is 0 Å². The fourth-order valence-electron chi connectivity index (χ4n) is 3.11.